The molecule has 0 aromatic carbocycles. The topological polar surface area (TPSA) is 115 Å². The number of guanidine groups is 2. The van der Waals surface area contributed by atoms with Crippen molar-refractivity contribution in [3.05, 3.63) is 0 Å². The number of nitrogens with zero attached hydrogens (tertiary/aromatic N) is 2. The van der Waals surface area contributed by atoms with Gasteiger partial charge in [0.1, 0.15) is 0 Å². The smallest absolute Gasteiger partial charge is 0.258 e. The standard InChI is InChI=1S/C4H10N6S/c1-11-4(7)9-2(5)8-3(6)10-4/h7H2,1H3,(H5,5,6,8,9,10). The van der Waals surface area contributed by atoms with Crippen molar-refractivity contribution < 1.29 is 0 Å². The van der Waals surface area contributed by atoms with Gasteiger partial charge in [-0.1, -0.05) is 11.8 Å². The van der Waals surface area contributed by atoms with E-state index in [0.29, 0.717) is 0 Å². The average molecular weight is 174 g/mol. The summed E-state index contributed by atoms with van der Waals surface area (Å²) < 4.78 is 0. The lowest BCUT2D eigenvalue weighted by Gasteiger charge is -2.23. The molecule has 1 aliphatic rings. The Kier molecular flexibility index (Phi) is 1.92. The molecule has 0 bridgehead atoms. The van der Waals surface area contributed by atoms with Crippen LogP contribution < -0.4 is 22.5 Å². The molecule has 0 aromatic rings. The van der Waals surface area contributed by atoms with Gasteiger partial charge >= 0.3 is 0 Å². The molecule has 0 fully saturated rings. The second-order valence-electron chi connectivity index (χ2n) is 1.98. The average Bonchev–Trinajstić information content (AvgIpc) is 1.84. The fraction of sp³-hybridized carbons (Fsp3) is 0.500. The van der Waals surface area contributed by atoms with Gasteiger partial charge in [0.15, 0.2) is 11.9 Å². The van der Waals surface area contributed by atoms with E-state index in [1.807, 2.05) is 0 Å². The molecule has 0 saturated carbocycles. The summed E-state index contributed by atoms with van der Waals surface area (Å²) in [5, 5.41) is 1.47. The van der Waals surface area contributed by atoms with Crippen molar-refractivity contribution in [1.29, 1.82) is 0 Å². The lowest BCUT2D eigenvalue weighted by Crippen LogP contribution is -2.51. The van der Waals surface area contributed by atoms with E-state index in [1.54, 1.807) is 6.26 Å². The summed E-state index contributed by atoms with van der Waals surface area (Å²) in [7, 11) is 0. The van der Waals surface area contributed by atoms with Crippen molar-refractivity contribution in [3.63, 3.8) is 0 Å². The molecule has 0 unspecified atom stereocenters. The fourth-order valence-corrected chi connectivity index (χ4v) is 1.03. The summed E-state index contributed by atoms with van der Waals surface area (Å²) in [6.07, 6.45) is 1.78. The fourth-order valence-electron chi connectivity index (χ4n) is 0.649. The van der Waals surface area contributed by atoms with Crippen LogP contribution in [0.4, 0.5) is 0 Å². The van der Waals surface area contributed by atoms with E-state index in [9.17, 15) is 0 Å². The van der Waals surface area contributed by atoms with Gasteiger partial charge in [0.05, 0.1) is 0 Å². The summed E-state index contributed by atoms with van der Waals surface area (Å²) in [6, 6.07) is 0. The number of hydrogen-bond donors (Lipinski definition) is 4. The zero-order valence-corrected chi connectivity index (χ0v) is 6.85. The number of rotatable bonds is 1. The maximum atomic E-state index is 5.63. The van der Waals surface area contributed by atoms with Crippen LogP contribution in [0, 0.1) is 0 Å². The summed E-state index contributed by atoms with van der Waals surface area (Å²) in [4.78, 5) is 7.68. The van der Waals surface area contributed by atoms with Crippen molar-refractivity contribution >= 4 is 23.7 Å². The first-order chi connectivity index (χ1) is 5.06. The SMILES string of the molecule is CSC1(N)N=C(N)NC(N)=N1. The molecule has 7 heteroatoms. The predicted octanol–water partition coefficient (Wildman–Crippen LogP) is -1.85. The van der Waals surface area contributed by atoms with Crippen LogP contribution in [-0.2, 0) is 0 Å². The van der Waals surface area contributed by atoms with Crippen molar-refractivity contribution in [2.24, 2.45) is 27.2 Å². The summed E-state index contributed by atoms with van der Waals surface area (Å²) in [5.41, 5.74) is 16.3. The summed E-state index contributed by atoms with van der Waals surface area (Å²) in [5.74, 6) is 0.378. The first-order valence-corrected chi connectivity index (χ1v) is 4.10. The third-order valence-corrected chi connectivity index (χ3v) is 1.90. The molecule has 1 rings (SSSR count). The predicted molar refractivity (Wildman–Crippen MR) is 46.8 cm³/mol. The molecular formula is C4H10N6S. The minimum absolute atomic E-state index is 0.189. The number of nitrogens with one attached hydrogen (secondary N) is 1. The van der Waals surface area contributed by atoms with Crippen LogP contribution >= 0.6 is 11.8 Å². The Labute approximate surface area is 68.3 Å². The molecule has 0 spiro atoms. The maximum absolute atomic E-state index is 5.63. The van der Waals surface area contributed by atoms with Gasteiger partial charge in [-0.15, -0.1) is 0 Å². The first kappa shape index (κ1) is 8.15. The number of hydrogen-bond acceptors (Lipinski definition) is 7. The Morgan fingerprint density at radius 3 is 2.18 bits per heavy atom. The van der Waals surface area contributed by atoms with Crippen LogP contribution in [0.1, 0.15) is 0 Å². The maximum Gasteiger partial charge on any atom is 0.258 e. The van der Waals surface area contributed by atoms with Crippen LogP contribution in [0.5, 0.6) is 0 Å². The van der Waals surface area contributed by atoms with Gasteiger partial charge in [0, 0.05) is 0 Å². The van der Waals surface area contributed by atoms with E-state index >= 15 is 0 Å². The Bertz CT molecular complexity index is 203. The van der Waals surface area contributed by atoms with E-state index in [-0.39, 0.29) is 11.9 Å². The molecule has 0 amide bonds. The molecule has 1 aliphatic heterocycles. The zero-order chi connectivity index (χ0) is 8.48. The number of aliphatic imine (C=N–C) groups is 2. The van der Waals surface area contributed by atoms with Crippen LogP contribution in [0.25, 0.3) is 0 Å². The van der Waals surface area contributed by atoms with Crippen molar-refractivity contribution in [3.8, 4) is 0 Å². The van der Waals surface area contributed by atoms with Gasteiger partial charge in [-0.3, -0.25) is 11.1 Å². The van der Waals surface area contributed by atoms with Gasteiger partial charge < -0.3 is 11.5 Å². The summed E-state index contributed by atoms with van der Waals surface area (Å²) in [6.45, 7) is 0. The first-order valence-electron chi connectivity index (χ1n) is 2.87. The van der Waals surface area contributed by atoms with Crippen molar-refractivity contribution in [2.45, 2.75) is 5.12 Å². The van der Waals surface area contributed by atoms with Gasteiger partial charge in [-0.05, 0) is 6.26 Å². The van der Waals surface area contributed by atoms with Crippen molar-refractivity contribution in [1.82, 2.24) is 5.32 Å². The molecule has 1 heterocycles. The van der Waals surface area contributed by atoms with Gasteiger partial charge in [0.25, 0.3) is 5.12 Å². The monoisotopic (exact) mass is 174 g/mol. The second-order valence-corrected chi connectivity index (χ2v) is 2.99. The number of thioether (sulfide) groups is 1. The zero-order valence-electron chi connectivity index (χ0n) is 6.03. The van der Waals surface area contributed by atoms with Crippen LogP contribution in [0.3, 0.4) is 0 Å². The third kappa shape index (κ3) is 1.75. The highest BCUT2D eigenvalue weighted by Gasteiger charge is 2.25. The largest absolute Gasteiger partial charge is 0.369 e. The Morgan fingerprint density at radius 2 is 1.82 bits per heavy atom. The molecule has 0 aliphatic carbocycles. The molecule has 0 aromatic heterocycles. The van der Waals surface area contributed by atoms with Crippen LogP contribution in [-0.4, -0.2) is 23.3 Å². The quantitative estimate of drug-likeness (QED) is 0.348. The minimum atomic E-state index is -1.06. The molecule has 0 atom stereocenters. The molecular weight excluding hydrogens is 164 g/mol. The minimum Gasteiger partial charge on any atom is -0.369 e. The molecule has 6 nitrogen and oxygen atoms in total. The highest BCUT2D eigenvalue weighted by Crippen LogP contribution is 2.20. The van der Waals surface area contributed by atoms with E-state index in [0.717, 1.165) is 0 Å². The van der Waals surface area contributed by atoms with Crippen LogP contribution in [0.15, 0.2) is 9.98 Å². The van der Waals surface area contributed by atoms with E-state index in [2.05, 4.69) is 15.3 Å². The third-order valence-electron chi connectivity index (χ3n) is 1.12. The molecule has 0 saturated heterocycles. The highest BCUT2D eigenvalue weighted by molar-refractivity contribution is 7.99. The lowest BCUT2D eigenvalue weighted by molar-refractivity contribution is 0.666. The van der Waals surface area contributed by atoms with Crippen LogP contribution in [0.2, 0.25) is 0 Å². The normalized spacial score (nSPS) is 21.6. The van der Waals surface area contributed by atoms with E-state index < -0.39 is 5.12 Å². The number of nitrogens with two attached hydrogens (primary N) is 3. The van der Waals surface area contributed by atoms with Crippen molar-refractivity contribution in [2.75, 3.05) is 6.26 Å². The van der Waals surface area contributed by atoms with E-state index in [1.165, 1.54) is 11.8 Å². The van der Waals surface area contributed by atoms with Gasteiger partial charge in [-0.25, -0.2) is 0 Å². The van der Waals surface area contributed by atoms with E-state index in [4.69, 9.17) is 17.2 Å². The molecule has 11 heavy (non-hydrogen) atoms. The lowest BCUT2D eigenvalue weighted by atomic mass is 10.7. The second kappa shape index (κ2) is 2.59. The molecule has 0 radical (unpaired) electrons. The molecule has 62 valence electrons. The van der Waals surface area contributed by atoms with Gasteiger partial charge in [-0.2, -0.15) is 9.98 Å². The molecule has 7 N–H and O–H groups in total. The Morgan fingerprint density at radius 1 is 1.36 bits per heavy atom. The highest BCUT2D eigenvalue weighted by atomic mass is 32.2. The summed E-state index contributed by atoms with van der Waals surface area (Å²) >= 11 is 1.26. The Balaban J connectivity index is 2.89. The van der Waals surface area contributed by atoms with Gasteiger partial charge in [0.2, 0.25) is 0 Å². The Hall–Kier alpha value is -0.950.